The Bertz CT molecular complexity index is 1330. The smallest absolute Gasteiger partial charge is 0.287 e. The molecule has 2 aromatic heterocycles. The highest BCUT2D eigenvalue weighted by atomic mass is 35.5. The van der Waals surface area contributed by atoms with E-state index in [1.807, 2.05) is 0 Å². The van der Waals surface area contributed by atoms with Gasteiger partial charge in [-0.2, -0.15) is 0 Å². The Morgan fingerprint density at radius 1 is 1.00 bits per heavy atom. The van der Waals surface area contributed by atoms with Crippen LogP contribution in [0, 0.1) is 5.82 Å². The summed E-state index contributed by atoms with van der Waals surface area (Å²) in [5, 5.41) is 15.9. The van der Waals surface area contributed by atoms with Crippen LogP contribution in [0.5, 0.6) is 0 Å². The molecule has 0 radical (unpaired) electrons. The standard InChI is InChI=1S/C24H21Cl2FN4O3/c25-15-2-8-20-14(9-15)11-21(33-20)23(32)29-17-5-3-16(4-6-17)28-12-22-30-31-24(34-22)13-1-7-18(26)19(27)10-13/h1-2,7-11,16-17,28H,3-6,12H2,(H,29,32)/t16-,17-. The molecule has 5 rings (SSSR count). The van der Waals surface area contributed by atoms with Crippen molar-refractivity contribution in [3.8, 4) is 11.5 Å². The SMILES string of the molecule is O=C(N[C@H]1CC[C@H](NCc2nnc(-c3ccc(Cl)c(F)c3)o2)CC1)c1cc2cc(Cl)ccc2o1. The summed E-state index contributed by atoms with van der Waals surface area (Å²) in [4.78, 5) is 12.6. The van der Waals surface area contributed by atoms with E-state index in [9.17, 15) is 9.18 Å². The fourth-order valence-corrected chi connectivity index (χ4v) is 4.43. The summed E-state index contributed by atoms with van der Waals surface area (Å²) >= 11 is 11.7. The average Bonchev–Trinajstić information content (AvgIpc) is 3.47. The summed E-state index contributed by atoms with van der Waals surface area (Å²) in [6, 6.07) is 11.7. The third-order valence-electron chi connectivity index (χ3n) is 5.94. The molecule has 34 heavy (non-hydrogen) atoms. The average molecular weight is 503 g/mol. The molecule has 0 bridgehead atoms. The van der Waals surface area contributed by atoms with Gasteiger partial charge < -0.3 is 19.5 Å². The lowest BCUT2D eigenvalue weighted by Crippen LogP contribution is -2.42. The number of halogens is 3. The highest BCUT2D eigenvalue weighted by Crippen LogP contribution is 2.25. The van der Waals surface area contributed by atoms with Crippen molar-refractivity contribution in [3.63, 3.8) is 0 Å². The third-order valence-corrected chi connectivity index (χ3v) is 6.48. The van der Waals surface area contributed by atoms with Gasteiger partial charge in [-0.25, -0.2) is 4.39 Å². The van der Waals surface area contributed by atoms with Gasteiger partial charge in [0.2, 0.25) is 11.8 Å². The molecular formula is C24H21Cl2FN4O3. The van der Waals surface area contributed by atoms with Crippen LogP contribution in [0.25, 0.3) is 22.4 Å². The second-order valence-electron chi connectivity index (χ2n) is 8.33. The second-order valence-corrected chi connectivity index (χ2v) is 9.17. The normalized spacial score (nSPS) is 18.3. The topological polar surface area (TPSA) is 93.2 Å². The van der Waals surface area contributed by atoms with E-state index in [1.165, 1.54) is 12.1 Å². The van der Waals surface area contributed by atoms with Gasteiger partial charge >= 0.3 is 0 Å². The molecule has 0 spiro atoms. The number of fused-ring (bicyclic) bond motifs is 1. The molecule has 7 nitrogen and oxygen atoms in total. The Morgan fingerprint density at radius 2 is 1.79 bits per heavy atom. The fraction of sp³-hybridized carbons (Fsp3) is 0.292. The third kappa shape index (κ3) is 5.09. The molecule has 0 saturated heterocycles. The fourth-order valence-electron chi connectivity index (χ4n) is 4.13. The van der Waals surface area contributed by atoms with E-state index in [0.717, 1.165) is 31.1 Å². The molecule has 0 aliphatic heterocycles. The van der Waals surface area contributed by atoms with E-state index >= 15 is 0 Å². The van der Waals surface area contributed by atoms with Crippen molar-refractivity contribution < 1.29 is 18.0 Å². The number of carbonyl (C=O) groups is 1. The molecule has 1 aliphatic rings. The quantitative estimate of drug-likeness (QED) is 0.348. The van der Waals surface area contributed by atoms with Crippen molar-refractivity contribution in [1.82, 2.24) is 20.8 Å². The van der Waals surface area contributed by atoms with E-state index in [2.05, 4.69) is 20.8 Å². The molecule has 2 aromatic carbocycles. The number of carbonyl (C=O) groups excluding carboxylic acids is 1. The Morgan fingerprint density at radius 3 is 2.59 bits per heavy atom. The number of hydrogen-bond donors (Lipinski definition) is 2. The van der Waals surface area contributed by atoms with Gasteiger partial charge in [-0.3, -0.25) is 4.79 Å². The molecule has 1 aliphatic carbocycles. The van der Waals surface area contributed by atoms with Gasteiger partial charge in [0.25, 0.3) is 5.91 Å². The van der Waals surface area contributed by atoms with E-state index in [0.29, 0.717) is 28.6 Å². The molecule has 176 valence electrons. The Kier molecular flexibility index (Phi) is 6.54. The summed E-state index contributed by atoms with van der Waals surface area (Å²) in [6.07, 6.45) is 3.47. The van der Waals surface area contributed by atoms with Crippen LogP contribution in [0.15, 0.2) is 51.3 Å². The molecule has 2 N–H and O–H groups in total. The number of furan rings is 1. The van der Waals surface area contributed by atoms with Crippen LogP contribution >= 0.6 is 23.2 Å². The maximum Gasteiger partial charge on any atom is 0.287 e. The van der Waals surface area contributed by atoms with E-state index < -0.39 is 5.82 Å². The molecule has 1 amide bonds. The lowest BCUT2D eigenvalue weighted by Gasteiger charge is -2.29. The summed E-state index contributed by atoms with van der Waals surface area (Å²) in [7, 11) is 0. The van der Waals surface area contributed by atoms with Gasteiger partial charge in [0.05, 0.1) is 11.6 Å². The van der Waals surface area contributed by atoms with E-state index in [-0.39, 0.29) is 34.7 Å². The largest absolute Gasteiger partial charge is 0.451 e. The number of rotatable bonds is 6. The number of aromatic nitrogens is 2. The predicted octanol–water partition coefficient (Wildman–Crippen LogP) is 5.76. The molecule has 1 fully saturated rings. The lowest BCUT2D eigenvalue weighted by molar-refractivity contribution is 0.0898. The number of nitrogens with zero attached hydrogens (tertiary/aromatic N) is 2. The highest BCUT2D eigenvalue weighted by molar-refractivity contribution is 6.31. The van der Waals surface area contributed by atoms with Crippen molar-refractivity contribution >= 4 is 40.1 Å². The molecule has 2 heterocycles. The first kappa shape index (κ1) is 22.8. The van der Waals surface area contributed by atoms with Gasteiger partial charge in [-0.05, 0) is 68.1 Å². The first-order valence-electron chi connectivity index (χ1n) is 11.0. The van der Waals surface area contributed by atoms with Crippen LogP contribution in [0.2, 0.25) is 10.0 Å². The van der Waals surface area contributed by atoms with Crippen molar-refractivity contribution in [2.75, 3.05) is 0 Å². The minimum atomic E-state index is -0.536. The van der Waals surface area contributed by atoms with Crippen LogP contribution in [0.4, 0.5) is 4.39 Å². The number of nitrogens with one attached hydrogen (secondary N) is 2. The van der Waals surface area contributed by atoms with E-state index in [4.69, 9.17) is 32.0 Å². The molecule has 0 unspecified atom stereocenters. The first-order valence-corrected chi connectivity index (χ1v) is 11.7. The zero-order valence-electron chi connectivity index (χ0n) is 18.0. The van der Waals surface area contributed by atoms with Crippen LogP contribution in [-0.4, -0.2) is 28.2 Å². The van der Waals surface area contributed by atoms with Gasteiger partial charge in [0, 0.05) is 28.1 Å². The zero-order valence-corrected chi connectivity index (χ0v) is 19.5. The van der Waals surface area contributed by atoms with Crippen molar-refractivity contribution in [2.45, 2.75) is 44.3 Å². The summed E-state index contributed by atoms with van der Waals surface area (Å²) < 4.78 is 25.0. The molecule has 0 atom stereocenters. The molecule has 1 saturated carbocycles. The number of amides is 1. The lowest BCUT2D eigenvalue weighted by atomic mass is 9.91. The van der Waals surface area contributed by atoms with E-state index in [1.54, 1.807) is 30.3 Å². The van der Waals surface area contributed by atoms with Gasteiger partial charge in [-0.1, -0.05) is 23.2 Å². The number of benzene rings is 2. The van der Waals surface area contributed by atoms with Crippen LogP contribution in [0.3, 0.4) is 0 Å². The molecule has 10 heteroatoms. The minimum Gasteiger partial charge on any atom is -0.451 e. The monoisotopic (exact) mass is 502 g/mol. The second kappa shape index (κ2) is 9.74. The van der Waals surface area contributed by atoms with Gasteiger partial charge in [0.1, 0.15) is 11.4 Å². The zero-order chi connectivity index (χ0) is 23.7. The number of hydrogen-bond acceptors (Lipinski definition) is 6. The Hall–Kier alpha value is -2.94. The van der Waals surface area contributed by atoms with Crippen LogP contribution in [0.1, 0.15) is 42.1 Å². The summed E-state index contributed by atoms with van der Waals surface area (Å²) in [5.74, 6) is 0.189. The Balaban J connectivity index is 1.10. The molecule has 4 aromatic rings. The maximum atomic E-state index is 13.7. The Labute approximate surface area is 204 Å². The maximum absolute atomic E-state index is 13.7. The highest BCUT2D eigenvalue weighted by Gasteiger charge is 2.24. The van der Waals surface area contributed by atoms with Crippen LogP contribution in [-0.2, 0) is 6.54 Å². The first-order chi connectivity index (χ1) is 16.4. The minimum absolute atomic E-state index is 0.0412. The van der Waals surface area contributed by atoms with Crippen molar-refractivity contribution in [2.24, 2.45) is 0 Å². The predicted molar refractivity (Wildman–Crippen MR) is 126 cm³/mol. The van der Waals surface area contributed by atoms with Gasteiger partial charge in [-0.15, -0.1) is 10.2 Å². The summed E-state index contributed by atoms with van der Waals surface area (Å²) in [6.45, 7) is 0.409. The van der Waals surface area contributed by atoms with Crippen molar-refractivity contribution in [1.29, 1.82) is 0 Å². The van der Waals surface area contributed by atoms with Crippen molar-refractivity contribution in [3.05, 3.63) is 70.0 Å². The molecular weight excluding hydrogens is 482 g/mol. The van der Waals surface area contributed by atoms with Crippen LogP contribution < -0.4 is 10.6 Å². The van der Waals surface area contributed by atoms with Gasteiger partial charge in [0.15, 0.2) is 5.76 Å². The summed E-state index contributed by atoms with van der Waals surface area (Å²) in [5.41, 5.74) is 1.11.